The molecule has 182 valence electrons. The molecule has 0 spiro atoms. The van der Waals surface area contributed by atoms with Gasteiger partial charge in [0.25, 0.3) is 0 Å². The zero-order chi connectivity index (χ0) is 23.6. The number of carbonyl (C=O) groups excluding carboxylic acids is 1. The second kappa shape index (κ2) is 11.7. The van der Waals surface area contributed by atoms with Crippen LogP contribution in [0.15, 0.2) is 24.3 Å². The van der Waals surface area contributed by atoms with Gasteiger partial charge in [-0.05, 0) is 12.1 Å². The fourth-order valence-electron chi connectivity index (χ4n) is 3.50. The number of para-hydroxylation sites is 1. The van der Waals surface area contributed by atoms with Gasteiger partial charge < -0.3 is 59.8 Å². The summed E-state index contributed by atoms with van der Waals surface area (Å²) in [6, 6.07) is 5.55. The van der Waals surface area contributed by atoms with Crippen molar-refractivity contribution in [2.45, 2.75) is 54.8 Å². The summed E-state index contributed by atoms with van der Waals surface area (Å²) in [5, 5.41) is 79.4. The number of aromatic hydroxyl groups is 1. The molecule has 0 amide bonds. The molecular weight excluding hydrogens is 459 g/mol. The average molecular weight is 486 g/mol. The van der Waals surface area contributed by atoms with Crippen LogP contribution < -0.4 is 0 Å². The first-order valence-corrected chi connectivity index (χ1v) is 9.73. The van der Waals surface area contributed by atoms with E-state index in [9.17, 15) is 45.6 Å². The van der Waals surface area contributed by atoms with Crippen LogP contribution in [0.25, 0.3) is 0 Å². The molecule has 1 aromatic carbocycles. The number of carbonyl (C=O) groups is 1. The van der Waals surface area contributed by atoms with Crippen LogP contribution in [0.2, 0.25) is 0 Å². The maximum atomic E-state index is 12.2. The quantitative estimate of drug-likeness (QED) is 0.135. The van der Waals surface area contributed by atoms with Crippen LogP contribution in [-0.4, -0.2) is 151 Å². The molecule has 3 rings (SSSR count). The Kier molecular flexibility index (Phi) is 10.0. The van der Waals surface area contributed by atoms with Gasteiger partial charge in [-0.1, -0.05) is 12.1 Å². The van der Waals surface area contributed by atoms with Crippen molar-refractivity contribution in [3.05, 3.63) is 29.8 Å². The summed E-state index contributed by atoms with van der Waals surface area (Å²) in [5.74, 6) is -3.61. The Morgan fingerprint density at radius 2 is 1.64 bits per heavy atom. The van der Waals surface area contributed by atoms with E-state index in [-0.39, 0.29) is 40.9 Å². The van der Waals surface area contributed by atoms with E-state index in [0.29, 0.717) is 0 Å². The predicted octanol–water partition coefficient (Wildman–Crippen LogP) is -4.47. The number of hydrogen-bond acceptors (Lipinski definition) is 13. The van der Waals surface area contributed by atoms with Crippen LogP contribution in [0.3, 0.4) is 0 Å². The molecule has 0 bridgehead atoms. The first-order chi connectivity index (χ1) is 15.1. The van der Waals surface area contributed by atoms with Gasteiger partial charge in [-0.25, -0.2) is 4.79 Å². The fraction of sp³-hybridized carbons (Fsp3) is 0.632. The van der Waals surface area contributed by atoms with Crippen LogP contribution in [0.5, 0.6) is 5.75 Å². The van der Waals surface area contributed by atoms with Gasteiger partial charge in [0.2, 0.25) is 5.79 Å². The molecule has 13 nitrogen and oxygen atoms in total. The van der Waals surface area contributed by atoms with Gasteiger partial charge in [-0.2, -0.15) is 0 Å². The Balaban J connectivity index is 0.00000385. The number of benzene rings is 1. The normalized spacial score (nSPS) is 38.5. The van der Waals surface area contributed by atoms with Crippen LogP contribution >= 0.6 is 0 Å². The van der Waals surface area contributed by atoms with Crippen LogP contribution in [0.1, 0.15) is 10.4 Å². The molecule has 0 radical (unpaired) electrons. The number of hydrogen-bond donors (Lipinski definition) is 8. The Labute approximate surface area is 210 Å². The molecule has 8 N–H and O–H groups in total. The van der Waals surface area contributed by atoms with E-state index in [2.05, 4.69) is 0 Å². The van der Waals surface area contributed by atoms with Crippen LogP contribution in [0.4, 0.5) is 0 Å². The standard InChI is InChI=1S/C19H26O13.Na.H/c20-5-10-13(24)16(27)19(7-21,31-10)32-18-15(26)14(25)12(23)11(30-18)6-29-17(28)8-3-1-2-4-9(8)22;;/h1-4,10-16,18,20-27H,5-7H2;;/t10-,11-,12-,13-,14+,15-,16+,18-,19+;;/m1../s1. The van der Waals surface area contributed by atoms with Crippen LogP contribution in [0, 0.1) is 0 Å². The molecule has 0 aromatic heterocycles. The number of ether oxygens (including phenoxy) is 4. The van der Waals surface area contributed by atoms with Crippen molar-refractivity contribution < 1.29 is 64.6 Å². The number of phenolic OH excluding ortho intramolecular Hbond substituents is 1. The van der Waals surface area contributed by atoms with E-state index in [1.807, 2.05) is 0 Å². The SMILES string of the molecule is O=C(OC[C@H]1O[C@H](O[C@]2(CO)O[C@H](CO)[C@@H](O)[C@@H]2O)[C@H](O)[C@@H](O)[C@@H]1O)c1ccccc1O.[NaH]. The molecule has 2 heterocycles. The summed E-state index contributed by atoms with van der Waals surface area (Å²) in [4.78, 5) is 12.2. The average Bonchev–Trinajstić information content (AvgIpc) is 3.03. The van der Waals surface area contributed by atoms with E-state index in [1.165, 1.54) is 24.3 Å². The van der Waals surface area contributed by atoms with E-state index in [1.54, 1.807) is 0 Å². The second-order valence-electron chi connectivity index (χ2n) is 7.49. The molecule has 2 fully saturated rings. The Bertz CT molecular complexity index is 797. The van der Waals surface area contributed by atoms with Crippen molar-refractivity contribution in [3.8, 4) is 5.75 Å². The molecule has 2 saturated heterocycles. The predicted molar refractivity (Wildman–Crippen MR) is 107 cm³/mol. The summed E-state index contributed by atoms with van der Waals surface area (Å²) in [6.45, 7) is -2.38. The zero-order valence-corrected chi connectivity index (χ0v) is 16.7. The summed E-state index contributed by atoms with van der Waals surface area (Å²) >= 11 is 0. The molecule has 0 unspecified atom stereocenters. The second-order valence-corrected chi connectivity index (χ2v) is 7.49. The minimum atomic E-state index is -2.32. The maximum absolute atomic E-state index is 12.2. The third kappa shape index (κ3) is 5.67. The first kappa shape index (κ1) is 28.3. The van der Waals surface area contributed by atoms with Gasteiger partial charge >= 0.3 is 35.5 Å². The van der Waals surface area contributed by atoms with E-state index in [0.717, 1.165) is 0 Å². The Morgan fingerprint density at radius 1 is 0.970 bits per heavy atom. The van der Waals surface area contributed by atoms with Crippen molar-refractivity contribution in [1.82, 2.24) is 0 Å². The van der Waals surface area contributed by atoms with Crippen molar-refractivity contribution in [3.63, 3.8) is 0 Å². The van der Waals surface area contributed by atoms with Gasteiger partial charge in [0.05, 0.1) is 6.61 Å². The molecule has 1 aromatic rings. The molecular formula is C19H27NaO13. The third-order valence-corrected chi connectivity index (χ3v) is 5.39. The van der Waals surface area contributed by atoms with E-state index < -0.39 is 80.6 Å². The van der Waals surface area contributed by atoms with Gasteiger partial charge in [0.15, 0.2) is 6.29 Å². The van der Waals surface area contributed by atoms with Crippen molar-refractivity contribution in [1.29, 1.82) is 0 Å². The van der Waals surface area contributed by atoms with Gasteiger partial charge in [0.1, 0.15) is 67.3 Å². The van der Waals surface area contributed by atoms with E-state index >= 15 is 0 Å². The molecule has 33 heavy (non-hydrogen) atoms. The fourth-order valence-corrected chi connectivity index (χ4v) is 3.50. The number of phenols is 1. The molecule has 14 heteroatoms. The van der Waals surface area contributed by atoms with Gasteiger partial charge in [-0.15, -0.1) is 0 Å². The first-order valence-electron chi connectivity index (χ1n) is 9.73. The van der Waals surface area contributed by atoms with Crippen molar-refractivity contribution >= 4 is 35.5 Å². The molecule has 0 aliphatic carbocycles. The van der Waals surface area contributed by atoms with Crippen molar-refractivity contribution in [2.75, 3.05) is 19.8 Å². The monoisotopic (exact) mass is 486 g/mol. The molecule has 0 saturated carbocycles. The summed E-state index contributed by atoms with van der Waals surface area (Å²) in [5.41, 5.74) is -0.156. The minimum absolute atomic E-state index is 0. The van der Waals surface area contributed by atoms with Gasteiger partial charge in [-0.3, -0.25) is 0 Å². The zero-order valence-electron chi connectivity index (χ0n) is 16.7. The number of rotatable bonds is 7. The number of aliphatic hydroxyl groups excluding tert-OH is 7. The Morgan fingerprint density at radius 3 is 2.21 bits per heavy atom. The summed E-state index contributed by atoms with van der Waals surface area (Å²) < 4.78 is 21.0. The topological polar surface area (TPSA) is 216 Å². The summed E-state index contributed by atoms with van der Waals surface area (Å²) in [7, 11) is 0. The summed E-state index contributed by atoms with van der Waals surface area (Å²) in [6.07, 6.45) is -13.5. The molecule has 2 aliphatic heterocycles. The van der Waals surface area contributed by atoms with Crippen molar-refractivity contribution in [2.24, 2.45) is 0 Å². The third-order valence-electron chi connectivity index (χ3n) is 5.39. The molecule has 2 aliphatic rings. The van der Waals surface area contributed by atoms with Crippen LogP contribution in [-0.2, 0) is 18.9 Å². The van der Waals surface area contributed by atoms with E-state index in [4.69, 9.17) is 18.9 Å². The number of aliphatic hydroxyl groups is 7. The van der Waals surface area contributed by atoms with Gasteiger partial charge in [0, 0.05) is 0 Å². The molecule has 9 atom stereocenters. The number of esters is 1. The Hall–Kier alpha value is -0.910.